The summed E-state index contributed by atoms with van der Waals surface area (Å²) in [6.45, 7) is 0. The molecule has 2 aromatic carbocycles. The molecule has 0 radical (unpaired) electrons. The van der Waals surface area contributed by atoms with Crippen molar-refractivity contribution in [1.29, 1.82) is 0 Å². The number of amides is 1. The molecule has 144 valence electrons. The topological polar surface area (TPSA) is 81.9 Å². The maximum absolute atomic E-state index is 13.7. The van der Waals surface area contributed by atoms with Crippen LogP contribution in [0.5, 0.6) is 11.6 Å². The summed E-state index contributed by atoms with van der Waals surface area (Å²) in [6.07, 6.45) is 3.38. The van der Waals surface area contributed by atoms with Gasteiger partial charge in [-0.3, -0.25) is 4.79 Å². The first kappa shape index (κ1) is 18.2. The third-order valence-electron chi connectivity index (χ3n) is 3.88. The SMILES string of the molecule is O=C(Nc1ccc(Oc2ccc(-n3cccn3)nn2)cc1)c1ccc(F)cc1F. The predicted molar refractivity (Wildman–Crippen MR) is 100.0 cm³/mol. The molecule has 9 heteroatoms. The van der Waals surface area contributed by atoms with Gasteiger partial charge >= 0.3 is 0 Å². The second kappa shape index (κ2) is 7.85. The average Bonchev–Trinajstić information content (AvgIpc) is 3.25. The zero-order valence-corrected chi connectivity index (χ0v) is 14.8. The Balaban J connectivity index is 1.40. The van der Waals surface area contributed by atoms with Crippen molar-refractivity contribution in [3.63, 3.8) is 0 Å². The summed E-state index contributed by atoms with van der Waals surface area (Å²) in [7, 11) is 0. The molecule has 0 aliphatic rings. The van der Waals surface area contributed by atoms with E-state index in [9.17, 15) is 13.6 Å². The van der Waals surface area contributed by atoms with Crippen LogP contribution >= 0.6 is 0 Å². The number of carbonyl (C=O) groups is 1. The van der Waals surface area contributed by atoms with Gasteiger partial charge in [0.05, 0.1) is 5.56 Å². The maximum Gasteiger partial charge on any atom is 0.258 e. The summed E-state index contributed by atoms with van der Waals surface area (Å²) in [5, 5.41) is 14.6. The van der Waals surface area contributed by atoms with Gasteiger partial charge in [-0.2, -0.15) is 5.10 Å². The third kappa shape index (κ3) is 4.24. The summed E-state index contributed by atoms with van der Waals surface area (Å²) in [5.41, 5.74) is 0.172. The van der Waals surface area contributed by atoms with Crippen LogP contribution in [0, 0.1) is 11.6 Å². The maximum atomic E-state index is 13.7. The Hall–Kier alpha value is -4.14. The molecular formula is C20H13F2N5O2. The highest BCUT2D eigenvalue weighted by molar-refractivity contribution is 6.04. The molecule has 0 saturated carbocycles. The number of anilines is 1. The van der Waals surface area contributed by atoms with E-state index >= 15 is 0 Å². The monoisotopic (exact) mass is 393 g/mol. The standard InChI is InChI=1S/C20H13F2N5O2/c21-13-2-7-16(17(22)12-13)20(28)24-14-3-5-15(6-4-14)29-19-9-8-18(25-26-19)27-11-1-10-23-27/h1-12H,(H,24,28). The number of ether oxygens (including phenoxy) is 1. The molecule has 0 aliphatic heterocycles. The highest BCUT2D eigenvalue weighted by Gasteiger charge is 2.13. The van der Waals surface area contributed by atoms with E-state index in [1.165, 1.54) is 0 Å². The fourth-order valence-electron chi connectivity index (χ4n) is 2.49. The molecule has 0 saturated heterocycles. The van der Waals surface area contributed by atoms with E-state index < -0.39 is 17.5 Å². The number of nitrogens with one attached hydrogen (secondary N) is 1. The Labute approximate surface area is 163 Å². The molecule has 0 atom stereocenters. The van der Waals surface area contributed by atoms with Gasteiger partial charge < -0.3 is 10.1 Å². The number of benzene rings is 2. The third-order valence-corrected chi connectivity index (χ3v) is 3.88. The minimum absolute atomic E-state index is 0.251. The van der Waals surface area contributed by atoms with Crippen LogP contribution in [0.4, 0.5) is 14.5 Å². The van der Waals surface area contributed by atoms with E-state index in [0.29, 0.717) is 23.3 Å². The number of aromatic nitrogens is 4. The first-order valence-electron chi connectivity index (χ1n) is 8.46. The lowest BCUT2D eigenvalue weighted by Gasteiger charge is -2.08. The number of rotatable bonds is 5. The van der Waals surface area contributed by atoms with E-state index in [-0.39, 0.29) is 11.4 Å². The quantitative estimate of drug-likeness (QED) is 0.555. The lowest BCUT2D eigenvalue weighted by Crippen LogP contribution is -2.13. The van der Waals surface area contributed by atoms with Crippen molar-refractivity contribution in [3.05, 3.63) is 90.3 Å². The lowest BCUT2D eigenvalue weighted by molar-refractivity contribution is 0.102. The molecule has 4 rings (SSSR count). The van der Waals surface area contributed by atoms with E-state index in [4.69, 9.17) is 4.74 Å². The van der Waals surface area contributed by atoms with Crippen LogP contribution in [-0.4, -0.2) is 25.9 Å². The van der Waals surface area contributed by atoms with E-state index in [0.717, 1.165) is 12.1 Å². The van der Waals surface area contributed by atoms with E-state index in [2.05, 4.69) is 20.6 Å². The fourth-order valence-corrected chi connectivity index (χ4v) is 2.49. The highest BCUT2D eigenvalue weighted by Crippen LogP contribution is 2.22. The molecule has 1 N–H and O–H groups in total. The zero-order valence-electron chi connectivity index (χ0n) is 14.8. The molecule has 0 bridgehead atoms. The van der Waals surface area contributed by atoms with Crippen LogP contribution < -0.4 is 10.1 Å². The molecule has 0 fully saturated rings. The van der Waals surface area contributed by atoms with Crippen LogP contribution in [0.1, 0.15) is 10.4 Å². The van der Waals surface area contributed by atoms with Crippen molar-refractivity contribution >= 4 is 11.6 Å². The van der Waals surface area contributed by atoms with Crippen molar-refractivity contribution in [2.75, 3.05) is 5.32 Å². The van der Waals surface area contributed by atoms with Crippen LogP contribution in [0.25, 0.3) is 5.82 Å². The summed E-state index contributed by atoms with van der Waals surface area (Å²) < 4.78 is 33.8. The molecule has 0 aliphatic carbocycles. The second-order valence-electron chi connectivity index (χ2n) is 5.89. The normalized spacial score (nSPS) is 10.6. The molecule has 0 unspecified atom stereocenters. The Morgan fingerprint density at radius 3 is 2.48 bits per heavy atom. The molecule has 2 heterocycles. The van der Waals surface area contributed by atoms with Crippen LogP contribution in [-0.2, 0) is 0 Å². The van der Waals surface area contributed by atoms with Gasteiger partial charge in [0.2, 0.25) is 5.88 Å². The minimum Gasteiger partial charge on any atom is -0.438 e. The Morgan fingerprint density at radius 1 is 1.00 bits per heavy atom. The summed E-state index contributed by atoms with van der Waals surface area (Å²) >= 11 is 0. The lowest BCUT2D eigenvalue weighted by atomic mass is 10.2. The smallest absolute Gasteiger partial charge is 0.258 e. The van der Waals surface area contributed by atoms with Gasteiger partial charge in [0.1, 0.15) is 17.4 Å². The van der Waals surface area contributed by atoms with Crippen LogP contribution in [0.3, 0.4) is 0 Å². The zero-order chi connectivity index (χ0) is 20.2. The van der Waals surface area contributed by atoms with Gasteiger partial charge in [-0.25, -0.2) is 13.5 Å². The number of carbonyl (C=O) groups excluding carboxylic acids is 1. The first-order chi connectivity index (χ1) is 14.1. The predicted octanol–water partition coefficient (Wildman–Crippen LogP) is 3.99. The van der Waals surface area contributed by atoms with Crippen molar-refractivity contribution in [3.8, 4) is 17.4 Å². The van der Waals surface area contributed by atoms with Crippen molar-refractivity contribution in [2.45, 2.75) is 0 Å². The van der Waals surface area contributed by atoms with Gasteiger partial charge in [0.25, 0.3) is 5.91 Å². The molecule has 29 heavy (non-hydrogen) atoms. The van der Waals surface area contributed by atoms with Gasteiger partial charge in [-0.1, -0.05) is 0 Å². The van der Waals surface area contributed by atoms with Crippen LogP contribution in [0.15, 0.2) is 73.1 Å². The molecule has 0 spiro atoms. The van der Waals surface area contributed by atoms with Gasteiger partial charge in [-0.05, 0) is 48.5 Å². The highest BCUT2D eigenvalue weighted by atomic mass is 19.1. The Kier molecular flexibility index (Phi) is 4.93. The Bertz CT molecular complexity index is 1130. The molecule has 2 aromatic heterocycles. The van der Waals surface area contributed by atoms with Gasteiger partial charge in [0.15, 0.2) is 5.82 Å². The minimum atomic E-state index is -0.931. The van der Waals surface area contributed by atoms with E-state index in [1.807, 2.05) is 0 Å². The summed E-state index contributed by atoms with van der Waals surface area (Å²) in [6, 6.07) is 14.3. The summed E-state index contributed by atoms with van der Waals surface area (Å²) in [4.78, 5) is 12.1. The first-order valence-corrected chi connectivity index (χ1v) is 8.46. The van der Waals surface area contributed by atoms with Crippen molar-refractivity contribution < 1.29 is 18.3 Å². The average molecular weight is 393 g/mol. The van der Waals surface area contributed by atoms with E-state index in [1.54, 1.807) is 59.5 Å². The Morgan fingerprint density at radius 2 is 1.83 bits per heavy atom. The number of hydrogen-bond acceptors (Lipinski definition) is 5. The summed E-state index contributed by atoms with van der Waals surface area (Å²) in [5.74, 6) is -1.06. The van der Waals surface area contributed by atoms with Crippen molar-refractivity contribution in [2.24, 2.45) is 0 Å². The molecule has 1 amide bonds. The molecular weight excluding hydrogens is 380 g/mol. The van der Waals surface area contributed by atoms with Gasteiger partial charge in [-0.15, -0.1) is 10.2 Å². The number of nitrogens with zero attached hydrogens (tertiary/aromatic N) is 4. The molecule has 4 aromatic rings. The van der Waals surface area contributed by atoms with Crippen LogP contribution in [0.2, 0.25) is 0 Å². The number of halogens is 2. The van der Waals surface area contributed by atoms with Crippen molar-refractivity contribution in [1.82, 2.24) is 20.0 Å². The number of hydrogen-bond donors (Lipinski definition) is 1. The molecule has 7 nitrogen and oxygen atoms in total. The largest absolute Gasteiger partial charge is 0.438 e. The van der Waals surface area contributed by atoms with Gasteiger partial charge in [0, 0.05) is 30.2 Å². The fraction of sp³-hybridized carbons (Fsp3) is 0. The second-order valence-corrected chi connectivity index (χ2v) is 5.89.